The highest BCUT2D eigenvalue weighted by atomic mass is 79.9. The van der Waals surface area contributed by atoms with Crippen molar-refractivity contribution in [2.45, 2.75) is 20.8 Å². The molecular weight excluding hydrogens is 288 g/mol. The second-order valence-electron chi connectivity index (χ2n) is 3.57. The summed E-state index contributed by atoms with van der Waals surface area (Å²) in [5.74, 6) is -1.96. The van der Waals surface area contributed by atoms with Crippen LogP contribution in [0.3, 0.4) is 0 Å². The SMILES string of the molecule is CCOC(=O)C(=O)c1c(C)c(Br)cc(C)c1O. The van der Waals surface area contributed by atoms with Gasteiger partial charge in [-0.1, -0.05) is 15.9 Å². The topological polar surface area (TPSA) is 63.6 Å². The van der Waals surface area contributed by atoms with Crippen molar-refractivity contribution in [1.82, 2.24) is 0 Å². The van der Waals surface area contributed by atoms with Gasteiger partial charge in [0.1, 0.15) is 5.75 Å². The third-order valence-corrected chi connectivity index (χ3v) is 3.20. The second-order valence-corrected chi connectivity index (χ2v) is 4.43. The summed E-state index contributed by atoms with van der Waals surface area (Å²) in [6.45, 7) is 5.04. The Morgan fingerprint density at radius 2 is 2.00 bits per heavy atom. The van der Waals surface area contributed by atoms with Gasteiger partial charge in [0.15, 0.2) is 0 Å². The van der Waals surface area contributed by atoms with Gasteiger partial charge >= 0.3 is 5.97 Å². The van der Waals surface area contributed by atoms with Gasteiger partial charge < -0.3 is 9.84 Å². The molecule has 0 spiro atoms. The fourth-order valence-electron chi connectivity index (χ4n) is 1.44. The Kier molecular flexibility index (Phi) is 4.28. The molecule has 0 aliphatic rings. The molecule has 1 rings (SSSR count). The summed E-state index contributed by atoms with van der Waals surface area (Å²) in [5, 5.41) is 9.84. The molecule has 0 atom stereocenters. The number of aryl methyl sites for hydroxylation is 1. The molecule has 1 N–H and O–H groups in total. The number of carbonyl (C=O) groups excluding carboxylic acids is 2. The Hall–Kier alpha value is -1.36. The molecule has 4 nitrogen and oxygen atoms in total. The Bertz CT molecular complexity index is 454. The van der Waals surface area contributed by atoms with Crippen LogP contribution in [0.1, 0.15) is 28.4 Å². The lowest BCUT2D eigenvalue weighted by Gasteiger charge is -2.11. The van der Waals surface area contributed by atoms with Gasteiger partial charge in [0.25, 0.3) is 5.78 Å². The van der Waals surface area contributed by atoms with Crippen molar-refractivity contribution in [2.24, 2.45) is 0 Å². The minimum Gasteiger partial charge on any atom is -0.507 e. The minimum atomic E-state index is -0.955. The van der Waals surface area contributed by atoms with Gasteiger partial charge in [-0.2, -0.15) is 0 Å². The summed E-state index contributed by atoms with van der Waals surface area (Å²) in [6.07, 6.45) is 0. The molecule has 0 amide bonds. The Morgan fingerprint density at radius 1 is 1.41 bits per heavy atom. The molecule has 1 aromatic carbocycles. The molecule has 0 aliphatic carbocycles. The summed E-state index contributed by atoms with van der Waals surface area (Å²) in [4.78, 5) is 23.2. The van der Waals surface area contributed by atoms with Gasteiger partial charge in [-0.05, 0) is 38.0 Å². The predicted molar refractivity (Wildman–Crippen MR) is 66.2 cm³/mol. The van der Waals surface area contributed by atoms with Crippen molar-refractivity contribution in [3.63, 3.8) is 0 Å². The summed E-state index contributed by atoms with van der Waals surface area (Å²) in [5.41, 5.74) is 1.04. The van der Waals surface area contributed by atoms with E-state index in [1.807, 2.05) is 0 Å². The monoisotopic (exact) mass is 300 g/mol. The summed E-state index contributed by atoms with van der Waals surface area (Å²) in [6, 6.07) is 1.69. The van der Waals surface area contributed by atoms with Crippen LogP contribution in [0.2, 0.25) is 0 Å². The third kappa shape index (κ3) is 2.66. The standard InChI is InChI=1S/C12H13BrO4/c1-4-17-12(16)11(15)9-7(3)8(13)5-6(2)10(9)14/h5,14H,4H2,1-3H3. The number of Topliss-reactive ketones (excluding diaryl/α,β-unsaturated/α-hetero) is 1. The van der Waals surface area contributed by atoms with E-state index in [-0.39, 0.29) is 17.9 Å². The van der Waals surface area contributed by atoms with Crippen molar-refractivity contribution in [3.8, 4) is 5.75 Å². The molecule has 17 heavy (non-hydrogen) atoms. The van der Waals surface area contributed by atoms with E-state index >= 15 is 0 Å². The van der Waals surface area contributed by atoms with Crippen molar-refractivity contribution < 1.29 is 19.4 Å². The molecule has 0 saturated heterocycles. The van der Waals surface area contributed by atoms with Crippen molar-refractivity contribution in [1.29, 1.82) is 0 Å². The van der Waals surface area contributed by atoms with Crippen LogP contribution in [0.5, 0.6) is 5.75 Å². The van der Waals surface area contributed by atoms with Gasteiger partial charge in [-0.25, -0.2) is 4.79 Å². The fourth-order valence-corrected chi connectivity index (χ4v) is 1.98. The van der Waals surface area contributed by atoms with E-state index < -0.39 is 11.8 Å². The number of halogens is 1. The molecule has 0 radical (unpaired) electrons. The van der Waals surface area contributed by atoms with E-state index in [9.17, 15) is 14.7 Å². The first kappa shape index (κ1) is 13.7. The number of esters is 1. The van der Waals surface area contributed by atoms with Crippen LogP contribution in [0, 0.1) is 13.8 Å². The largest absolute Gasteiger partial charge is 0.507 e. The van der Waals surface area contributed by atoms with E-state index in [1.165, 1.54) is 0 Å². The Balaban J connectivity index is 3.31. The smallest absolute Gasteiger partial charge is 0.379 e. The fraction of sp³-hybridized carbons (Fsp3) is 0.333. The molecule has 0 aliphatic heterocycles. The normalized spacial score (nSPS) is 10.1. The maximum Gasteiger partial charge on any atom is 0.379 e. The van der Waals surface area contributed by atoms with E-state index in [4.69, 9.17) is 0 Å². The number of phenols is 1. The molecule has 1 aromatic rings. The number of carbonyl (C=O) groups is 2. The highest BCUT2D eigenvalue weighted by molar-refractivity contribution is 9.10. The first-order valence-electron chi connectivity index (χ1n) is 5.10. The van der Waals surface area contributed by atoms with Gasteiger partial charge in [0.05, 0.1) is 12.2 Å². The van der Waals surface area contributed by atoms with E-state index in [2.05, 4.69) is 20.7 Å². The summed E-state index contributed by atoms with van der Waals surface area (Å²) >= 11 is 3.27. The number of hydrogen-bond acceptors (Lipinski definition) is 4. The van der Waals surface area contributed by atoms with Crippen LogP contribution in [-0.4, -0.2) is 23.5 Å². The van der Waals surface area contributed by atoms with Gasteiger partial charge in [-0.15, -0.1) is 0 Å². The maximum atomic E-state index is 11.8. The van der Waals surface area contributed by atoms with Gasteiger partial charge in [0.2, 0.25) is 0 Å². The van der Waals surface area contributed by atoms with E-state index in [1.54, 1.807) is 26.8 Å². The van der Waals surface area contributed by atoms with Gasteiger partial charge in [0, 0.05) is 4.47 Å². The van der Waals surface area contributed by atoms with Crippen LogP contribution >= 0.6 is 15.9 Å². The number of benzene rings is 1. The lowest BCUT2D eigenvalue weighted by molar-refractivity contribution is -0.137. The minimum absolute atomic E-state index is 0.00433. The van der Waals surface area contributed by atoms with Crippen LogP contribution in [0.25, 0.3) is 0 Å². The van der Waals surface area contributed by atoms with Gasteiger partial charge in [-0.3, -0.25) is 4.79 Å². The molecule has 0 heterocycles. The molecule has 0 unspecified atom stereocenters. The highest BCUT2D eigenvalue weighted by Gasteiger charge is 2.25. The van der Waals surface area contributed by atoms with Crippen LogP contribution in [-0.2, 0) is 9.53 Å². The van der Waals surface area contributed by atoms with Crippen molar-refractivity contribution in [2.75, 3.05) is 6.61 Å². The number of hydrogen-bond donors (Lipinski definition) is 1. The number of ketones is 1. The molecule has 0 bridgehead atoms. The van der Waals surface area contributed by atoms with Crippen molar-refractivity contribution >= 4 is 27.7 Å². The Morgan fingerprint density at radius 3 is 2.53 bits per heavy atom. The summed E-state index contributed by atoms with van der Waals surface area (Å²) in [7, 11) is 0. The van der Waals surface area contributed by atoms with Crippen LogP contribution < -0.4 is 0 Å². The Labute approximate surface area is 108 Å². The third-order valence-electron chi connectivity index (χ3n) is 2.37. The summed E-state index contributed by atoms with van der Waals surface area (Å²) < 4.78 is 5.30. The number of ether oxygens (including phenoxy) is 1. The average molecular weight is 301 g/mol. The zero-order chi connectivity index (χ0) is 13.2. The van der Waals surface area contributed by atoms with Crippen LogP contribution in [0.15, 0.2) is 10.5 Å². The number of phenolic OH excluding ortho intramolecular Hbond substituents is 1. The first-order chi connectivity index (χ1) is 7.90. The van der Waals surface area contributed by atoms with E-state index in [0.717, 1.165) is 0 Å². The molecule has 92 valence electrons. The molecule has 0 saturated carbocycles. The lowest BCUT2D eigenvalue weighted by Crippen LogP contribution is -2.19. The maximum absolute atomic E-state index is 11.8. The van der Waals surface area contributed by atoms with E-state index in [0.29, 0.717) is 15.6 Å². The lowest BCUT2D eigenvalue weighted by atomic mass is 10.0. The zero-order valence-electron chi connectivity index (χ0n) is 9.83. The number of aromatic hydroxyl groups is 1. The zero-order valence-corrected chi connectivity index (χ0v) is 11.4. The number of rotatable bonds is 3. The van der Waals surface area contributed by atoms with Crippen LogP contribution in [0.4, 0.5) is 0 Å². The molecule has 0 fully saturated rings. The predicted octanol–water partition coefficient (Wildman–Crippen LogP) is 2.52. The average Bonchev–Trinajstić information content (AvgIpc) is 2.27. The van der Waals surface area contributed by atoms with Crippen molar-refractivity contribution in [3.05, 3.63) is 27.2 Å². The second kappa shape index (κ2) is 5.31. The highest BCUT2D eigenvalue weighted by Crippen LogP contribution is 2.31. The molecule has 5 heteroatoms. The molecule has 0 aromatic heterocycles. The first-order valence-corrected chi connectivity index (χ1v) is 5.89. The quantitative estimate of drug-likeness (QED) is 0.529. The molecular formula is C12H13BrO4.